The molecule has 3 heterocycles. The molecule has 0 saturated carbocycles. The van der Waals surface area contributed by atoms with Gasteiger partial charge in [0.05, 0.1) is 6.54 Å². The average Bonchev–Trinajstić information content (AvgIpc) is 3.06. The lowest BCUT2D eigenvalue weighted by Crippen LogP contribution is -2.53. The van der Waals surface area contributed by atoms with Gasteiger partial charge in [-0.3, -0.25) is 4.79 Å². The maximum absolute atomic E-state index is 13.0. The molecule has 9 heteroatoms. The summed E-state index contributed by atoms with van der Waals surface area (Å²) in [5.74, 6) is 0.336. The second-order valence-corrected chi connectivity index (χ2v) is 9.97. The Morgan fingerprint density at radius 3 is 2.50 bits per heavy atom. The second kappa shape index (κ2) is 8.03. The van der Waals surface area contributed by atoms with E-state index >= 15 is 0 Å². The number of aromatic nitrogens is 1. The first-order valence-corrected chi connectivity index (χ1v) is 11.8. The smallest absolute Gasteiger partial charge is 0.248 e. The molecule has 8 nitrogen and oxygen atoms in total. The molecule has 4 rings (SSSR count). The van der Waals surface area contributed by atoms with Crippen molar-refractivity contribution in [2.24, 2.45) is 0 Å². The first-order valence-electron chi connectivity index (χ1n) is 10.3. The molecule has 162 valence electrons. The Morgan fingerprint density at radius 1 is 1.10 bits per heavy atom. The number of anilines is 1. The summed E-state index contributed by atoms with van der Waals surface area (Å²) in [5.41, 5.74) is 4.03. The van der Waals surface area contributed by atoms with Crippen LogP contribution >= 0.6 is 0 Å². The van der Waals surface area contributed by atoms with E-state index in [0.29, 0.717) is 31.1 Å². The van der Waals surface area contributed by atoms with Crippen LogP contribution < -0.4 is 4.90 Å². The van der Waals surface area contributed by atoms with Crippen molar-refractivity contribution in [1.82, 2.24) is 14.4 Å². The quantitative estimate of drug-likeness (QED) is 0.733. The fourth-order valence-electron chi connectivity index (χ4n) is 4.38. The van der Waals surface area contributed by atoms with Crippen LogP contribution in [0.3, 0.4) is 0 Å². The zero-order valence-corrected chi connectivity index (χ0v) is 18.5. The first-order chi connectivity index (χ1) is 14.3. The highest BCUT2D eigenvalue weighted by atomic mass is 32.2. The molecule has 0 atom stereocenters. The molecule has 0 aliphatic carbocycles. The lowest BCUT2D eigenvalue weighted by Gasteiger charge is -2.36. The van der Waals surface area contributed by atoms with Crippen LogP contribution in [0.2, 0.25) is 0 Å². The topological polar surface area (TPSA) is 87.0 Å². The van der Waals surface area contributed by atoms with Gasteiger partial charge in [0.15, 0.2) is 5.76 Å². The van der Waals surface area contributed by atoms with Gasteiger partial charge in [-0.1, -0.05) is 22.9 Å². The van der Waals surface area contributed by atoms with Crippen LogP contribution in [-0.2, 0) is 21.2 Å². The summed E-state index contributed by atoms with van der Waals surface area (Å²) in [7, 11) is -3.67. The molecule has 0 spiro atoms. The van der Waals surface area contributed by atoms with Crippen LogP contribution in [0.5, 0.6) is 0 Å². The molecule has 0 bridgehead atoms. The normalized spacial score (nSPS) is 17.8. The summed E-state index contributed by atoms with van der Waals surface area (Å²) in [6.45, 7) is 7.81. The molecule has 1 aromatic heterocycles. The van der Waals surface area contributed by atoms with Crippen molar-refractivity contribution in [2.45, 2.75) is 38.5 Å². The number of hydrogen-bond donors (Lipinski definition) is 0. The Hall–Kier alpha value is -2.39. The maximum atomic E-state index is 13.0. The van der Waals surface area contributed by atoms with Crippen LogP contribution in [0.1, 0.15) is 29.0 Å². The Balaban J connectivity index is 1.40. The molecule has 0 N–H and O–H groups in total. The van der Waals surface area contributed by atoms with Crippen LogP contribution in [0.25, 0.3) is 0 Å². The number of sulfonamides is 1. The Kier molecular flexibility index (Phi) is 5.59. The first kappa shape index (κ1) is 20.9. The van der Waals surface area contributed by atoms with Gasteiger partial charge >= 0.3 is 0 Å². The molecule has 1 fully saturated rings. The van der Waals surface area contributed by atoms with E-state index in [2.05, 4.69) is 35.2 Å². The van der Waals surface area contributed by atoms with E-state index in [1.165, 1.54) is 15.4 Å². The predicted octanol–water partition coefficient (Wildman–Crippen LogP) is 1.89. The highest BCUT2D eigenvalue weighted by Gasteiger charge is 2.34. The fraction of sp³-hybridized carbons (Fsp3) is 0.524. The average molecular weight is 433 g/mol. The third-order valence-electron chi connectivity index (χ3n) is 5.93. The zero-order chi connectivity index (χ0) is 21.5. The zero-order valence-electron chi connectivity index (χ0n) is 17.7. The van der Waals surface area contributed by atoms with Gasteiger partial charge in [0.1, 0.15) is 10.6 Å². The summed E-state index contributed by atoms with van der Waals surface area (Å²) in [5, 5.41) is 3.76. The molecule has 2 aliphatic rings. The number of fused-ring (bicyclic) bond motifs is 1. The summed E-state index contributed by atoms with van der Waals surface area (Å²) >= 11 is 0. The number of benzene rings is 1. The Bertz CT molecular complexity index is 1040. The third kappa shape index (κ3) is 3.83. The number of carbonyl (C=O) groups is 1. The van der Waals surface area contributed by atoms with Gasteiger partial charge in [-0.05, 0) is 45.2 Å². The second-order valence-electron chi connectivity index (χ2n) is 8.10. The van der Waals surface area contributed by atoms with E-state index in [-0.39, 0.29) is 23.9 Å². The van der Waals surface area contributed by atoms with Crippen molar-refractivity contribution in [3.8, 4) is 0 Å². The lowest BCUT2D eigenvalue weighted by molar-refractivity contribution is -0.130. The number of nitrogens with zero attached hydrogens (tertiary/aromatic N) is 4. The SMILES string of the molecule is Cc1ccc2c(c1)CCCN2CC(=O)N1CCN(S(=O)(=O)c2c(C)noc2C)CC1. The molecular formula is C21H28N4O4S. The van der Waals surface area contributed by atoms with Gasteiger partial charge < -0.3 is 14.3 Å². The monoisotopic (exact) mass is 432 g/mol. The Morgan fingerprint density at radius 2 is 1.83 bits per heavy atom. The minimum atomic E-state index is -3.67. The van der Waals surface area contributed by atoms with E-state index in [0.717, 1.165) is 25.1 Å². The summed E-state index contributed by atoms with van der Waals surface area (Å²) in [6.07, 6.45) is 2.08. The van der Waals surface area contributed by atoms with E-state index in [1.807, 2.05) is 0 Å². The number of aryl methyl sites for hydroxylation is 4. The maximum Gasteiger partial charge on any atom is 0.248 e. The van der Waals surface area contributed by atoms with Gasteiger partial charge in [-0.25, -0.2) is 8.42 Å². The highest BCUT2D eigenvalue weighted by molar-refractivity contribution is 7.89. The molecule has 1 aromatic carbocycles. The van der Waals surface area contributed by atoms with E-state index in [9.17, 15) is 13.2 Å². The minimum absolute atomic E-state index is 0.0396. The summed E-state index contributed by atoms with van der Waals surface area (Å²) in [6, 6.07) is 6.38. The standard InChI is InChI=1S/C21H28N4O4S/c1-15-6-7-19-18(13-15)5-4-8-24(19)14-20(26)23-9-11-25(12-10-23)30(27,28)21-16(2)22-29-17(21)3/h6-7,13H,4-5,8-12,14H2,1-3H3. The van der Waals surface area contributed by atoms with Crippen molar-refractivity contribution >= 4 is 21.6 Å². The molecule has 30 heavy (non-hydrogen) atoms. The van der Waals surface area contributed by atoms with Crippen molar-refractivity contribution in [1.29, 1.82) is 0 Å². The minimum Gasteiger partial charge on any atom is -0.362 e. The van der Waals surface area contributed by atoms with Gasteiger partial charge in [-0.2, -0.15) is 4.31 Å². The lowest BCUT2D eigenvalue weighted by atomic mass is 9.99. The molecular weight excluding hydrogens is 404 g/mol. The molecule has 0 unspecified atom stereocenters. The van der Waals surface area contributed by atoms with Crippen LogP contribution in [0, 0.1) is 20.8 Å². The predicted molar refractivity (Wildman–Crippen MR) is 113 cm³/mol. The van der Waals surface area contributed by atoms with Crippen molar-refractivity contribution in [3.63, 3.8) is 0 Å². The van der Waals surface area contributed by atoms with Crippen molar-refractivity contribution in [3.05, 3.63) is 40.8 Å². The number of amides is 1. The Labute approximate surface area is 177 Å². The van der Waals surface area contributed by atoms with Crippen molar-refractivity contribution in [2.75, 3.05) is 44.2 Å². The molecule has 0 radical (unpaired) electrons. The number of carbonyl (C=O) groups excluding carboxylic acids is 1. The largest absolute Gasteiger partial charge is 0.362 e. The van der Waals surface area contributed by atoms with Gasteiger partial charge in [-0.15, -0.1) is 0 Å². The van der Waals surface area contributed by atoms with Crippen LogP contribution in [-0.4, -0.2) is 68.0 Å². The molecule has 2 aliphatic heterocycles. The van der Waals surface area contributed by atoms with Crippen LogP contribution in [0.4, 0.5) is 5.69 Å². The van der Waals surface area contributed by atoms with Gasteiger partial charge in [0.2, 0.25) is 15.9 Å². The van der Waals surface area contributed by atoms with E-state index < -0.39 is 10.0 Å². The van der Waals surface area contributed by atoms with Gasteiger partial charge in [0, 0.05) is 38.4 Å². The van der Waals surface area contributed by atoms with Gasteiger partial charge in [0.25, 0.3) is 0 Å². The van der Waals surface area contributed by atoms with Crippen molar-refractivity contribution < 1.29 is 17.7 Å². The molecule has 1 amide bonds. The number of rotatable bonds is 4. The molecule has 1 saturated heterocycles. The summed E-state index contributed by atoms with van der Waals surface area (Å²) < 4.78 is 32.4. The highest BCUT2D eigenvalue weighted by Crippen LogP contribution is 2.28. The van der Waals surface area contributed by atoms with E-state index in [1.54, 1.807) is 18.7 Å². The molecule has 2 aromatic rings. The third-order valence-corrected chi connectivity index (χ3v) is 8.08. The van der Waals surface area contributed by atoms with Crippen LogP contribution in [0.15, 0.2) is 27.6 Å². The fourth-order valence-corrected chi connectivity index (χ4v) is 6.09. The number of piperazine rings is 1. The number of hydrogen-bond acceptors (Lipinski definition) is 6. The summed E-state index contributed by atoms with van der Waals surface area (Å²) in [4.78, 5) is 17.0. The van der Waals surface area contributed by atoms with E-state index in [4.69, 9.17) is 4.52 Å².